The number of fused-ring (bicyclic) bond motifs is 1. The van der Waals surface area contributed by atoms with Crippen LogP contribution in [0.5, 0.6) is 0 Å². The minimum absolute atomic E-state index is 0.112. The molecule has 0 radical (unpaired) electrons. The molecule has 3 aliphatic rings. The van der Waals surface area contributed by atoms with Gasteiger partial charge in [-0.15, -0.1) is 10.2 Å². The van der Waals surface area contributed by atoms with Crippen LogP contribution in [0.3, 0.4) is 0 Å². The molecule has 1 aromatic heterocycles. The van der Waals surface area contributed by atoms with Crippen LogP contribution in [0.15, 0.2) is 12.2 Å². The molecule has 4 rings (SSSR count). The van der Waals surface area contributed by atoms with Gasteiger partial charge in [0.05, 0.1) is 12.0 Å². The number of hydrogen-bond donors (Lipinski definition) is 1. The van der Waals surface area contributed by atoms with E-state index in [0.717, 1.165) is 70.4 Å². The number of amides is 2. The van der Waals surface area contributed by atoms with Crippen molar-refractivity contribution in [1.29, 1.82) is 0 Å². The first-order valence-corrected chi connectivity index (χ1v) is 11.1. The SMILES string of the molecule is COCCNC(=O)c1nnc2n1CCC1(CC2)CCN(C(=O)C2(C)CC=CCC2)C1. The second kappa shape index (κ2) is 8.49. The van der Waals surface area contributed by atoms with E-state index in [4.69, 9.17) is 4.74 Å². The average Bonchev–Trinajstić information content (AvgIpc) is 3.31. The maximum atomic E-state index is 13.3. The molecule has 0 bridgehead atoms. The van der Waals surface area contributed by atoms with E-state index in [-0.39, 0.29) is 16.7 Å². The van der Waals surface area contributed by atoms with Crippen LogP contribution in [-0.2, 0) is 22.5 Å². The summed E-state index contributed by atoms with van der Waals surface area (Å²) in [4.78, 5) is 27.9. The van der Waals surface area contributed by atoms with Crippen molar-refractivity contribution in [1.82, 2.24) is 25.0 Å². The number of carbonyl (C=O) groups is 2. The third-order valence-corrected chi connectivity index (χ3v) is 7.21. The molecule has 2 aliphatic heterocycles. The number of methoxy groups -OCH3 is 1. The molecule has 0 aromatic carbocycles. The number of rotatable bonds is 5. The molecule has 1 spiro atoms. The highest BCUT2D eigenvalue weighted by Crippen LogP contribution is 2.43. The van der Waals surface area contributed by atoms with E-state index in [1.165, 1.54) is 0 Å². The van der Waals surface area contributed by atoms with Crippen LogP contribution in [0, 0.1) is 10.8 Å². The monoisotopic (exact) mass is 415 g/mol. The van der Waals surface area contributed by atoms with Crippen molar-refractivity contribution in [2.45, 2.75) is 58.4 Å². The van der Waals surface area contributed by atoms with Crippen molar-refractivity contribution in [3.05, 3.63) is 23.8 Å². The van der Waals surface area contributed by atoms with Crippen LogP contribution in [-0.4, -0.2) is 64.8 Å². The van der Waals surface area contributed by atoms with Gasteiger partial charge in [0.1, 0.15) is 5.82 Å². The lowest BCUT2D eigenvalue weighted by molar-refractivity contribution is -0.141. The molecular formula is C22H33N5O3. The lowest BCUT2D eigenvalue weighted by atomic mass is 9.77. The van der Waals surface area contributed by atoms with Crippen molar-refractivity contribution in [3.63, 3.8) is 0 Å². The molecule has 8 heteroatoms. The van der Waals surface area contributed by atoms with Gasteiger partial charge >= 0.3 is 0 Å². The Morgan fingerprint density at radius 1 is 1.17 bits per heavy atom. The third-order valence-electron chi connectivity index (χ3n) is 7.21. The Hall–Kier alpha value is -2.22. The van der Waals surface area contributed by atoms with Crippen LogP contribution in [0.25, 0.3) is 0 Å². The topological polar surface area (TPSA) is 89.3 Å². The molecule has 1 N–H and O–H groups in total. The minimum atomic E-state index is -0.255. The fraction of sp³-hybridized carbons (Fsp3) is 0.727. The maximum absolute atomic E-state index is 13.3. The van der Waals surface area contributed by atoms with Gasteiger partial charge in [0.2, 0.25) is 11.7 Å². The molecule has 2 unspecified atom stereocenters. The average molecular weight is 416 g/mol. The Balaban J connectivity index is 1.41. The summed E-state index contributed by atoms with van der Waals surface area (Å²) in [5.74, 6) is 1.36. The van der Waals surface area contributed by atoms with Gasteiger partial charge in [-0.3, -0.25) is 9.59 Å². The van der Waals surface area contributed by atoms with Gasteiger partial charge in [0.25, 0.3) is 5.91 Å². The van der Waals surface area contributed by atoms with Gasteiger partial charge in [0, 0.05) is 39.7 Å². The van der Waals surface area contributed by atoms with E-state index >= 15 is 0 Å². The fourth-order valence-corrected chi connectivity index (χ4v) is 5.18. The molecular weight excluding hydrogens is 382 g/mol. The summed E-state index contributed by atoms with van der Waals surface area (Å²) in [5.41, 5.74) is -0.143. The minimum Gasteiger partial charge on any atom is -0.383 e. The summed E-state index contributed by atoms with van der Waals surface area (Å²) >= 11 is 0. The van der Waals surface area contributed by atoms with Gasteiger partial charge in [-0.05, 0) is 43.9 Å². The van der Waals surface area contributed by atoms with Gasteiger partial charge in [0.15, 0.2) is 0 Å². The largest absolute Gasteiger partial charge is 0.383 e. The zero-order valence-electron chi connectivity index (χ0n) is 18.2. The van der Waals surface area contributed by atoms with Gasteiger partial charge in [-0.2, -0.15) is 0 Å². The molecule has 1 fully saturated rings. The highest BCUT2D eigenvalue weighted by Gasteiger charge is 2.45. The normalized spacial score (nSPS) is 28.4. The summed E-state index contributed by atoms with van der Waals surface area (Å²) in [6.45, 7) is 5.41. The van der Waals surface area contributed by atoms with Crippen molar-refractivity contribution in [2.24, 2.45) is 10.8 Å². The zero-order valence-corrected chi connectivity index (χ0v) is 18.2. The summed E-state index contributed by atoms with van der Waals surface area (Å²) in [6, 6.07) is 0. The lowest BCUT2D eigenvalue weighted by Crippen LogP contribution is -2.42. The smallest absolute Gasteiger partial charge is 0.289 e. The molecule has 0 saturated carbocycles. The van der Waals surface area contributed by atoms with E-state index in [2.05, 4.69) is 39.5 Å². The predicted molar refractivity (Wildman–Crippen MR) is 112 cm³/mol. The van der Waals surface area contributed by atoms with Gasteiger partial charge in [-0.25, -0.2) is 0 Å². The number of nitrogens with zero attached hydrogens (tertiary/aromatic N) is 4. The Kier molecular flexibility index (Phi) is 5.95. The Morgan fingerprint density at radius 3 is 2.77 bits per heavy atom. The fourth-order valence-electron chi connectivity index (χ4n) is 5.18. The number of ether oxygens (including phenoxy) is 1. The highest BCUT2D eigenvalue weighted by molar-refractivity contribution is 5.90. The number of hydrogen-bond acceptors (Lipinski definition) is 5. The Morgan fingerprint density at radius 2 is 2.00 bits per heavy atom. The molecule has 2 atom stereocenters. The molecule has 164 valence electrons. The summed E-state index contributed by atoms with van der Waals surface area (Å²) in [7, 11) is 1.61. The number of allylic oxidation sites excluding steroid dienone is 2. The number of likely N-dealkylation sites (tertiary alicyclic amines) is 1. The summed E-state index contributed by atoms with van der Waals surface area (Å²) < 4.78 is 6.96. The van der Waals surface area contributed by atoms with Gasteiger partial charge in [-0.1, -0.05) is 19.1 Å². The van der Waals surface area contributed by atoms with E-state index in [0.29, 0.717) is 24.9 Å². The van der Waals surface area contributed by atoms with Crippen molar-refractivity contribution in [2.75, 3.05) is 33.4 Å². The second-order valence-corrected chi connectivity index (χ2v) is 9.34. The molecule has 8 nitrogen and oxygen atoms in total. The molecule has 3 heterocycles. The van der Waals surface area contributed by atoms with Gasteiger partial charge < -0.3 is 19.5 Å². The molecule has 1 aliphatic carbocycles. The van der Waals surface area contributed by atoms with Crippen molar-refractivity contribution in [3.8, 4) is 0 Å². The molecule has 1 aromatic rings. The first kappa shape index (κ1) is 21.0. The number of aryl methyl sites for hydroxylation is 1. The standard InChI is InChI=1S/C22H33N5O3/c1-21(7-4-3-5-8-21)20(29)26-13-10-22(16-26)9-6-17-24-25-18(27(17)14-11-22)19(28)23-12-15-30-2/h3-4H,5-16H2,1-2H3,(H,23,28). The van der Waals surface area contributed by atoms with Crippen LogP contribution in [0.4, 0.5) is 0 Å². The van der Waals surface area contributed by atoms with Crippen LogP contribution in [0.2, 0.25) is 0 Å². The van der Waals surface area contributed by atoms with Crippen molar-refractivity contribution < 1.29 is 14.3 Å². The molecule has 1 saturated heterocycles. The van der Waals surface area contributed by atoms with E-state index < -0.39 is 0 Å². The van der Waals surface area contributed by atoms with E-state index in [1.807, 2.05) is 4.57 Å². The van der Waals surface area contributed by atoms with Crippen LogP contribution >= 0.6 is 0 Å². The summed E-state index contributed by atoms with van der Waals surface area (Å²) in [5, 5.41) is 11.3. The van der Waals surface area contributed by atoms with E-state index in [1.54, 1.807) is 7.11 Å². The first-order chi connectivity index (χ1) is 14.5. The zero-order chi connectivity index (χ0) is 21.2. The number of aromatic nitrogens is 3. The summed E-state index contributed by atoms with van der Waals surface area (Å²) in [6.07, 6.45) is 10.9. The van der Waals surface area contributed by atoms with E-state index in [9.17, 15) is 9.59 Å². The predicted octanol–water partition coefficient (Wildman–Crippen LogP) is 1.96. The number of nitrogens with one attached hydrogen (secondary N) is 1. The highest BCUT2D eigenvalue weighted by atomic mass is 16.5. The van der Waals surface area contributed by atoms with Crippen LogP contribution in [0.1, 0.15) is 61.9 Å². The van der Waals surface area contributed by atoms with Crippen molar-refractivity contribution >= 4 is 11.8 Å². The lowest BCUT2D eigenvalue weighted by Gasteiger charge is -2.35. The quantitative estimate of drug-likeness (QED) is 0.587. The Labute approximate surface area is 178 Å². The molecule has 2 amide bonds. The molecule has 30 heavy (non-hydrogen) atoms. The second-order valence-electron chi connectivity index (χ2n) is 9.34. The van der Waals surface area contributed by atoms with Crippen LogP contribution < -0.4 is 5.32 Å². The number of carbonyl (C=O) groups excluding carboxylic acids is 2. The maximum Gasteiger partial charge on any atom is 0.289 e. The Bertz CT molecular complexity index is 835. The third kappa shape index (κ3) is 4.02. The first-order valence-electron chi connectivity index (χ1n) is 11.1.